The maximum absolute atomic E-state index is 13.0. The van der Waals surface area contributed by atoms with Gasteiger partial charge in [-0.15, -0.1) is 0 Å². The van der Waals surface area contributed by atoms with Crippen molar-refractivity contribution in [2.75, 3.05) is 13.2 Å². The van der Waals surface area contributed by atoms with Gasteiger partial charge in [-0.1, -0.05) is 32.0 Å². The fourth-order valence-electron chi connectivity index (χ4n) is 1.17. The van der Waals surface area contributed by atoms with E-state index in [0.29, 0.717) is 30.0 Å². The normalized spacial score (nSPS) is 10.6. The van der Waals surface area contributed by atoms with Crippen LogP contribution in [0.25, 0.3) is 0 Å². The van der Waals surface area contributed by atoms with Crippen LogP contribution in [0.5, 0.6) is 5.75 Å². The van der Waals surface area contributed by atoms with E-state index in [0.717, 1.165) is 5.57 Å². The summed E-state index contributed by atoms with van der Waals surface area (Å²) >= 11 is 5.87. The van der Waals surface area contributed by atoms with Gasteiger partial charge < -0.3 is 10.1 Å². The summed E-state index contributed by atoms with van der Waals surface area (Å²) in [6.07, 6.45) is 0. The van der Waals surface area contributed by atoms with E-state index in [-0.39, 0.29) is 5.82 Å². The molecule has 1 aromatic rings. The highest BCUT2D eigenvalue weighted by molar-refractivity contribution is 6.32. The van der Waals surface area contributed by atoms with E-state index in [1.54, 1.807) is 0 Å². The smallest absolute Gasteiger partial charge is 0.141 e. The fourth-order valence-corrected chi connectivity index (χ4v) is 1.34. The number of halogens is 2. The number of benzene rings is 1. The molecule has 0 aliphatic carbocycles. The molecule has 0 saturated heterocycles. The number of ether oxygens (including phenoxy) is 1. The summed E-state index contributed by atoms with van der Waals surface area (Å²) in [6, 6.07) is 4.43. The van der Waals surface area contributed by atoms with Gasteiger partial charge in [0.05, 0.1) is 5.02 Å². The molecule has 1 rings (SSSR count). The summed E-state index contributed by atoms with van der Waals surface area (Å²) in [4.78, 5) is 0. The predicted octanol–water partition coefficient (Wildman–Crippen LogP) is 3.41. The van der Waals surface area contributed by atoms with Crippen LogP contribution in [-0.2, 0) is 0 Å². The first-order valence-corrected chi connectivity index (χ1v) is 5.84. The number of nitrogens with one attached hydrogen (secondary N) is 1. The molecule has 0 spiro atoms. The lowest BCUT2D eigenvalue weighted by molar-refractivity contribution is 0.345. The first-order valence-electron chi connectivity index (χ1n) is 5.47. The highest BCUT2D eigenvalue weighted by atomic mass is 35.5. The minimum Gasteiger partial charge on any atom is -0.488 e. The van der Waals surface area contributed by atoms with Crippen LogP contribution < -0.4 is 10.1 Å². The van der Waals surface area contributed by atoms with Crippen molar-refractivity contribution in [1.29, 1.82) is 0 Å². The van der Waals surface area contributed by atoms with Crippen molar-refractivity contribution >= 4 is 11.6 Å². The molecule has 1 aromatic carbocycles. The lowest BCUT2D eigenvalue weighted by atomic mass is 10.3. The quantitative estimate of drug-likeness (QED) is 0.789. The van der Waals surface area contributed by atoms with Gasteiger partial charge >= 0.3 is 0 Å². The first kappa shape index (κ1) is 14.0. The second-order valence-electron chi connectivity index (χ2n) is 4.15. The molecular formula is C13H17ClFNO. The SMILES string of the molecule is C=C(CNC(C)C)COc1cc(F)ccc1Cl. The maximum Gasteiger partial charge on any atom is 0.141 e. The van der Waals surface area contributed by atoms with Crippen molar-refractivity contribution in [3.8, 4) is 5.75 Å². The molecule has 2 nitrogen and oxygen atoms in total. The Morgan fingerprint density at radius 1 is 1.53 bits per heavy atom. The Kier molecular flexibility index (Phi) is 5.45. The third-order valence-electron chi connectivity index (χ3n) is 2.09. The van der Waals surface area contributed by atoms with Gasteiger partial charge in [0.15, 0.2) is 0 Å². The Morgan fingerprint density at radius 3 is 2.88 bits per heavy atom. The Labute approximate surface area is 106 Å². The Bertz CT molecular complexity index is 393. The molecule has 4 heteroatoms. The molecule has 0 radical (unpaired) electrons. The second kappa shape index (κ2) is 6.62. The van der Waals surface area contributed by atoms with Crippen molar-refractivity contribution in [1.82, 2.24) is 5.32 Å². The van der Waals surface area contributed by atoms with Crippen LogP contribution >= 0.6 is 11.6 Å². The molecule has 0 bridgehead atoms. The lowest BCUT2D eigenvalue weighted by Crippen LogP contribution is -2.26. The minimum atomic E-state index is -0.365. The zero-order valence-corrected chi connectivity index (χ0v) is 10.9. The van der Waals surface area contributed by atoms with Crippen LogP contribution in [0.4, 0.5) is 4.39 Å². The summed E-state index contributed by atoms with van der Waals surface area (Å²) in [5, 5.41) is 3.62. The van der Waals surface area contributed by atoms with Crippen molar-refractivity contribution in [2.24, 2.45) is 0 Å². The number of hydrogen-bond donors (Lipinski definition) is 1. The van der Waals surface area contributed by atoms with Gasteiger partial charge in [-0.2, -0.15) is 0 Å². The van der Waals surface area contributed by atoms with Crippen molar-refractivity contribution in [2.45, 2.75) is 19.9 Å². The average molecular weight is 258 g/mol. The predicted molar refractivity (Wildman–Crippen MR) is 69.2 cm³/mol. The lowest BCUT2D eigenvalue weighted by Gasteiger charge is -2.12. The van der Waals surface area contributed by atoms with Gasteiger partial charge in [0.1, 0.15) is 18.2 Å². The summed E-state index contributed by atoms with van der Waals surface area (Å²) in [5.74, 6) is -0.0207. The van der Waals surface area contributed by atoms with Crippen molar-refractivity contribution < 1.29 is 9.13 Å². The van der Waals surface area contributed by atoms with Crippen molar-refractivity contribution in [3.63, 3.8) is 0 Å². The number of rotatable bonds is 6. The second-order valence-corrected chi connectivity index (χ2v) is 4.56. The standard InChI is InChI=1S/C13H17ClFNO/c1-9(2)16-7-10(3)8-17-13-6-11(15)4-5-12(13)14/h4-6,9,16H,3,7-8H2,1-2H3. The maximum atomic E-state index is 13.0. The molecule has 0 fully saturated rings. The van der Waals surface area contributed by atoms with Gasteiger partial charge in [0.25, 0.3) is 0 Å². The monoisotopic (exact) mass is 257 g/mol. The molecule has 0 amide bonds. The molecule has 0 atom stereocenters. The average Bonchev–Trinajstić information content (AvgIpc) is 2.27. The molecule has 17 heavy (non-hydrogen) atoms. The molecule has 1 N–H and O–H groups in total. The molecule has 94 valence electrons. The Hall–Kier alpha value is -1.06. The van der Waals surface area contributed by atoms with Crippen LogP contribution in [0.1, 0.15) is 13.8 Å². The van der Waals surface area contributed by atoms with Crippen LogP contribution in [0.3, 0.4) is 0 Å². The first-order chi connectivity index (χ1) is 7.99. The largest absolute Gasteiger partial charge is 0.488 e. The zero-order valence-electron chi connectivity index (χ0n) is 10.1. The Balaban J connectivity index is 2.44. The fraction of sp³-hybridized carbons (Fsp3) is 0.385. The van der Waals surface area contributed by atoms with Crippen molar-refractivity contribution in [3.05, 3.63) is 41.2 Å². The summed E-state index contributed by atoms with van der Waals surface area (Å²) in [6.45, 7) is 8.97. The van der Waals surface area contributed by atoms with E-state index in [2.05, 4.69) is 25.7 Å². The highest BCUT2D eigenvalue weighted by Gasteiger charge is 2.04. The van der Waals surface area contributed by atoms with Gasteiger partial charge in [0.2, 0.25) is 0 Å². The third kappa shape index (κ3) is 5.20. The molecular weight excluding hydrogens is 241 g/mol. The number of hydrogen-bond acceptors (Lipinski definition) is 2. The van der Waals surface area contributed by atoms with E-state index < -0.39 is 0 Å². The zero-order chi connectivity index (χ0) is 12.8. The van der Waals surface area contributed by atoms with Crippen LogP contribution in [-0.4, -0.2) is 19.2 Å². The summed E-state index contributed by atoms with van der Waals surface area (Å²) in [5.41, 5.74) is 0.888. The molecule has 0 aliphatic rings. The van der Waals surface area contributed by atoms with E-state index in [1.807, 2.05) is 0 Å². The van der Waals surface area contributed by atoms with E-state index in [9.17, 15) is 4.39 Å². The van der Waals surface area contributed by atoms with Crippen LogP contribution in [0.2, 0.25) is 5.02 Å². The molecule has 0 aliphatic heterocycles. The van der Waals surface area contributed by atoms with Gasteiger partial charge in [0, 0.05) is 18.7 Å². The van der Waals surface area contributed by atoms with Gasteiger partial charge in [-0.25, -0.2) is 4.39 Å². The molecule has 0 aromatic heterocycles. The van der Waals surface area contributed by atoms with E-state index >= 15 is 0 Å². The topological polar surface area (TPSA) is 21.3 Å². The molecule has 0 unspecified atom stereocenters. The van der Waals surface area contributed by atoms with Crippen LogP contribution in [0.15, 0.2) is 30.4 Å². The van der Waals surface area contributed by atoms with Crippen LogP contribution in [0, 0.1) is 5.82 Å². The van der Waals surface area contributed by atoms with E-state index in [1.165, 1.54) is 18.2 Å². The summed E-state index contributed by atoms with van der Waals surface area (Å²) in [7, 11) is 0. The molecule has 0 heterocycles. The van der Waals surface area contributed by atoms with Gasteiger partial charge in [-0.3, -0.25) is 0 Å². The van der Waals surface area contributed by atoms with Gasteiger partial charge in [-0.05, 0) is 17.7 Å². The molecule has 0 saturated carbocycles. The third-order valence-corrected chi connectivity index (χ3v) is 2.40. The minimum absolute atomic E-state index is 0.322. The Morgan fingerprint density at radius 2 is 2.24 bits per heavy atom. The van der Waals surface area contributed by atoms with E-state index in [4.69, 9.17) is 16.3 Å². The highest BCUT2D eigenvalue weighted by Crippen LogP contribution is 2.25. The summed E-state index contributed by atoms with van der Waals surface area (Å²) < 4.78 is 18.4.